The maximum Gasteiger partial charge on any atom is 0.252 e. The van der Waals surface area contributed by atoms with Crippen LogP contribution in [0.15, 0.2) is 42.6 Å². The SMILES string of the molecule is Cc1cccc(C(=O)NCCC(=O)NCc2ccccn2)c1Cl. The van der Waals surface area contributed by atoms with Gasteiger partial charge in [0.2, 0.25) is 5.91 Å². The second-order valence-electron chi connectivity index (χ2n) is 5.04. The predicted molar refractivity (Wildman–Crippen MR) is 89.2 cm³/mol. The van der Waals surface area contributed by atoms with E-state index in [1.165, 1.54) is 0 Å². The minimum Gasteiger partial charge on any atom is -0.351 e. The van der Waals surface area contributed by atoms with Crippen molar-refractivity contribution in [2.45, 2.75) is 19.9 Å². The Bertz CT molecular complexity index is 689. The van der Waals surface area contributed by atoms with Gasteiger partial charge >= 0.3 is 0 Å². The van der Waals surface area contributed by atoms with Crippen LogP contribution in [0.3, 0.4) is 0 Å². The summed E-state index contributed by atoms with van der Waals surface area (Å²) in [5, 5.41) is 5.89. The van der Waals surface area contributed by atoms with Crippen molar-refractivity contribution >= 4 is 23.4 Å². The van der Waals surface area contributed by atoms with Crippen molar-refractivity contribution in [2.24, 2.45) is 0 Å². The normalized spacial score (nSPS) is 10.2. The van der Waals surface area contributed by atoms with Crippen LogP contribution in [0.1, 0.15) is 28.0 Å². The summed E-state index contributed by atoms with van der Waals surface area (Å²) in [6.07, 6.45) is 1.87. The Morgan fingerprint density at radius 2 is 1.96 bits per heavy atom. The van der Waals surface area contributed by atoms with Crippen molar-refractivity contribution in [3.8, 4) is 0 Å². The van der Waals surface area contributed by atoms with Gasteiger partial charge in [-0.1, -0.05) is 29.8 Å². The van der Waals surface area contributed by atoms with Gasteiger partial charge in [-0.25, -0.2) is 0 Å². The van der Waals surface area contributed by atoms with Crippen LogP contribution in [-0.4, -0.2) is 23.3 Å². The number of nitrogens with zero attached hydrogens (tertiary/aromatic N) is 1. The Morgan fingerprint density at radius 3 is 2.70 bits per heavy atom. The molecule has 23 heavy (non-hydrogen) atoms. The quantitative estimate of drug-likeness (QED) is 0.854. The van der Waals surface area contributed by atoms with Gasteiger partial charge in [0, 0.05) is 19.2 Å². The van der Waals surface area contributed by atoms with Crippen molar-refractivity contribution in [3.05, 3.63) is 64.4 Å². The summed E-state index contributed by atoms with van der Waals surface area (Å²) in [5.74, 6) is -0.428. The Balaban J connectivity index is 1.75. The number of carbonyl (C=O) groups is 2. The third-order valence-electron chi connectivity index (χ3n) is 3.27. The van der Waals surface area contributed by atoms with Gasteiger partial charge in [0.1, 0.15) is 0 Å². The number of aromatic nitrogens is 1. The zero-order chi connectivity index (χ0) is 16.7. The number of amides is 2. The third-order valence-corrected chi connectivity index (χ3v) is 3.77. The van der Waals surface area contributed by atoms with E-state index in [2.05, 4.69) is 15.6 Å². The molecule has 0 atom stereocenters. The fraction of sp³-hybridized carbons (Fsp3) is 0.235. The molecule has 0 aliphatic rings. The van der Waals surface area contributed by atoms with Crippen LogP contribution >= 0.6 is 11.6 Å². The minimum atomic E-state index is -0.281. The number of aryl methyl sites for hydroxylation is 1. The number of carbonyl (C=O) groups excluding carboxylic acids is 2. The van der Waals surface area contributed by atoms with E-state index in [1.54, 1.807) is 18.3 Å². The van der Waals surface area contributed by atoms with Gasteiger partial charge in [-0.3, -0.25) is 14.6 Å². The Labute approximate surface area is 140 Å². The van der Waals surface area contributed by atoms with Crippen molar-refractivity contribution in [1.82, 2.24) is 15.6 Å². The van der Waals surface area contributed by atoms with Gasteiger partial charge in [0.15, 0.2) is 0 Å². The van der Waals surface area contributed by atoms with E-state index in [-0.39, 0.29) is 24.8 Å². The van der Waals surface area contributed by atoms with E-state index in [0.717, 1.165) is 11.3 Å². The molecule has 0 aliphatic heterocycles. The molecule has 2 rings (SSSR count). The Kier molecular flexibility index (Phi) is 6.11. The molecular formula is C17H18ClN3O2. The first-order chi connectivity index (χ1) is 11.1. The zero-order valence-corrected chi connectivity index (χ0v) is 13.6. The molecule has 0 unspecified atom stereocenters. The molecule has 6 heteroatoms. The summed E-state index contributed by atoms with van der Waals surface area (Å²) >= 11 is 6.10. The average molecular weight is 332 g/mol. The number of rotatable bonds is 6. The van der Waals surface area contributed by atoms with E-state index in [9.17, 15) is 9.59 Å². The lowest BCUT2D eigenvalue weighted by atomic mass is 10.1. The summed E-state index contributed by atoms with van der Waals surface area (Å²) in [4.78, 5) is 27.9. The number of hydrogen-bond donors (Lipinski definition) is 2. The van der Waals surface area contributed by atoms with Crippen LogP contribution in [0, 0.1) is 6.92 Å². The first-order valence-electron chi connectivity index (χ1n) is 7.28. The molecule has 0 aliphatic carbocycles. The minimum absolute atomic E-state index is 0.147. The molecule has 5 nitrogen and oxygen atoms in total. The fourth-order valence-corrected chi connectivity index (χ4v) is 2.20. The van der Waals surface area contributed by atoms with Crippen LogP contribution < -0.4 is 10.6 Å². The smallest absolute Gasteiger partial charge is 0.252 e. The van der Waals surface area contributed by atoms with E-state index < -0.39 is 0 Å². The molecule has 0 radical (unpaired) electrons. The number of benzene rings is 1. The average Bonchev–Trinajstić information content (AvgIpc) is 2.56. The molecule has 1 aromatic carbocycles. The summed E-state index contributed by atoms with van der Waals surface area (Å²) in [7, 11) is 0. The van der Waals surface area contributed by atoms with Crippen molar-refractivity contribution in [3.63, 3.8) is 0 Å². The summed E-state index contributed by atoms with van der Waals surface area (Å²) < 4.78 is 0. The van der Waals surface area contributed by atoms with E-state index in [4.69, 9.17) is 11.6 Å². The zero-order valence-electron chi connectivity index (χ0n) is 12.8. The molecule has 2 amide bonds. The molecule has 1 heterocycles. The highest BCUT2D eigenvalue weighted by molar-refractivity contribution is 6.34. The van der Waals surface area contributed by atoms with Gasteiger partial charge in [0.25, 0.3) is 5.91 Å². The Hall–Kier alpha value is -2.40. The topological polar surface area (TPSA) is 71.1 Å². The van der Waals surface area contributed by atoms with Gasteiger partial charge in [-0.15, -0.1) is 0 Å². The lowest BCUT2D eigenvalue weighted by molar-refractivity contribution is -0.121. The second kappa shape index (κ2) is 8.29. The molecular weight excluding hydrogens is 314 g/mol. The van der Waals surface area contributed by atoms with Crippen molar-refractivity contribution in [1.29, 1.82) is 0 Å². The first kappa shape index (κ1) is 17.0. The summed E-state index contributed by atoms with van der Waals surface area (Å²) in [6.45, 7) is 2.46. The largest absolute Gasteiger partial charge is 0.351 e. The van der Waals surface area contributed by atoms with E-state index in [0.29, 0.717) is 17.1 Å². The maximum absolute atomic E-state index is 12.0. The van der Waals surface area contributed by atoms with Crippen molar-refractivity contribution in [2.75, 3.05) is 6.54 Å². The van der Waals surface area contributed by atoms with Crippen molar-refractivity contribution < 1.29 is 9.59 Å². The van der Waals surface area contributed by atoms with Gasteiger partial charge in [0.05, 0.1) is 22.8 Å². The molecule has 2 N–H and O–H groups in total. The number of nitrogens with one attached hydrogen (secondary N) is 2. The van der Waals surface area contributed by atoms with E-state index >= 15 is 0 Å². The predicted octanol–water partition coefficient (Wildman–Crippen LogP) is 2.48. The monoisotopic (exact) mass is 331 g/mol. The van der Waals surface area contributed by atoms with Gasteiger partial charge in [-0.2, -0.15) is 0 Å². The highest BCUT2D eigenvalue weighted by atomic mass is 35.5. The molecule has 0 saturated carbocycles. The van der Waals surface area contributed by atoms with Crippen LogP contribution in [0.4, 0.5) is 0 Å². The number of halogens is 1. The highest BCUT2D eigenvalue weighted by Crippen LogP contribution is 2.19. The molecule has 0 saturated heterocycles. The third kappa shape index (κ3) is 5.07. The molecule has 0 fully saturated rings. The summed E-state index contributed by atoms with van der Waals surface area (Å²) in [6, 6.07) is 10.8. The standard InChI is InChI=1S/C17H18ClN3O2/c1-12-5-4-7-14(16(12)18)17(23)20-10-8-15(22)21-11-13-6-2-3-9-19-13/h2-7,9H,8,10-11H2,1H3,(H,20,23)(H,21,22). The number of hydrogen-bond acceptors (Lipinski definition) is 3. The first-order valence-corrected chi connectivity index (χ1v) is 7.65. The molecule has 120 valence electrons. The van der Waals surface area contributed by atoms with Gasteiger partial charge < -0.3 is 10.6 Å². The lowest BCUT2D eigenvalue weighted by Gasteiger charge is -2.08. The van der Waals surface area contributed by atoms with Gasteiger partial charge in [-0.05, 0) is 30.7 Å². The van der Waals surface area contributed by atoms with Crippen LogP contribution in [0.25, 0.3) is 0 Å². The molecule has 0 bridgehead atoms. The van der Waals surface area contributed by atoms with Crippen LogP contribution in [0.5, 0.6) is 0 Å². The summed E-state index contributed by atoms with van der Waals surface area (Å²) in [5.41, 5.74) is 2.05. The Morgan fingerprint density at radius 1 is 1.13 bits per heavy atom. The lowest BCUT2D eigenvalue weighted by Crippen LogP contribution is -2.30. The van der Waals surface area contributed by atoms with Crippen LogP contribution in [-0.2, 0) is 11.3 Å². The molecule has 0 spiro atoms. The molecule has 1 aromatic heterocycles. The van der Waals surface area contributed by atoms with Crippen LogP contribution in [0.2, 0.25) is 5.02 Å². The maximum atomic E-state index is 12.0. The molecule has 2 aromatic rings. The highest BCUT2D eigenvalue weighted by Gasteiger charge is 2.11. The fourth-order valence-electron chi connectivity index (χ4n) is 1.99. The second-order valence-corrected chi connectivity index (χ2v) is 5.42. The van der Waals surface area contributed by atoms with E-state index in [1.807, 2.05) is 31.2 Å². The number of pyridine rings is 1.